The number of fused-ring (bicyclic) bond motifs is 2. The monoisotopic (exact) mass is 366 g/mol. The van der Waals surface area contributed by atoms with Crippen LogP contribution in [0, 0.1) is 0 Å². The summed E-state index contributed by atoms with van der Waals surface area (Å²) in [6.07, 6.45) is 5.12. The highest BCUT2D eigenvalue weighted by Gasteiger charge is 2.38. The Hall–Kier alpha value is -2.14. The second-order valence-electron chi connectivity index (χ2n) is 8.20. The van der Waals surface area contributed by atoms with E-state index in [-0.39, 0.29) is 0 Å². The first-order valence-corrected chi connectivity index (χ1v) is 10.1. The highest BCUT2D eigenvalue weighted by Crippen LogP contribution is 2.32. The van der Waals surface area contributed by atoms with E-state index in [4.69, 9.17) is 4.98 Å². The Morgan fingerprint density at radius 3 is 2.78 bits per heavy atom. The van der Waals surface area contributed by atoms with Crippen LogP contribution in [-0.2, 0) is 11.3 Å². The lowest BCUT2D eigenvalue weighted by Crippen LogP contribution is -2.46. The Kier molecular flexibility index (Phi) is 5.04. The van der Waals surface area contributed by atoms with Gasteiger partial charge in [-0.2, -0.15) is 0 Å². The smallest absolute Gasteiger partial charge is 0.222 e. The molecule has 1 aromatic heterocycles. The van der Waals surface area contributed by atoms with E-state index in [0.717, 1.165) is 43.7 Å². The molecule has 0 bridgehead atoms. The fourth-order valence-electron chi connectivity index (χ4n) is 4.79. The highest BCUT2D eigenvalue weighted by atomic mass is 16.2. The zero-order valence-corrected chi connectivity index (χ0v) is 16.7. The summed E-state index contributed by atoms with van der Waals surface area (Å²) in [4.78, 5) is 24.0. The van der Waals surface area contributed by atoms with Crippen LogP contribution in [0.4, 0.5) is 5.82 Å². The predicted molar refractivity (Wildman–Crippen MR) is 110 cm³/mol. The van der Waals surface area contributed by atoms with Crippen LogP contribution in [0.1, 0.15) is 37.7 Å². The summed E-state index contributed by atoms with van der Waals surface area (Å²) in [6.45, 7) is 1.95. The van der Waals surface area contributed by atoms with Crippen LogP contribution < -0.4 is 4.90 Å². The van der Waals surface area contributed by atoms with Gasteiger partial charge in [-0.1, -0.05) is 24.6 Å². The molecule has 0 N–H and O–H groups in total. The number of carbonyl (C=O) groups excluding carboxylic acids is 1. The van der Waals surface area contributed by atoms with E-state index in [0.29, 0.717) is 24.4 Å². The lowest BCUT2D eigenvalue weighted by Gasteiger charge is -2.35. The highest BCUT2D eigenvalue weighted by molar-refractivity contribution is 5.81. The van der Waals surface area contributed by atoms with Gasteiger partial charge in [0.15, 0.2) is 0 Å². The fourth-order valence-corrected chi connectivity index (χ4v) is 4.79. The van der Waals surface area contributed by atoms with Gasteiger partial charge < -0.3 is 9.80 Å². The third kappa shape index (κ3) is 3.53. The van der Waals surface area contributed by atoms with Crippen LogP contribution in [-0.4, -0.2) is 60.5 Å². The van der Waals surface area contributed by atoms with Gasteiger partial charge in [0, 0.05) is 63.7 Å². The van der Waals surface area contributed by atoms with E-state index in [1.54, 1.807) is 0 Å². The molecule has 2 saturated heterocycles. The fraction of sp³-hybridized carbons (Fsp3) is 0.545. The number of pyridine rings is 1. The molecule has 4 rings (SSSR count). The number of rotatable bonds is 3. The maximum absolute atomic E-state index is 12.4. The molecule has 144 valence electrons. The van der Waals surface area contributed by atoms with Crippen LogP contribution in [0.2, 0.25) is 0 Å². The average Bonchev–Trinajstić information content (AvgIpc) is 3.04. The lowest BCUT2D eigenvalue weighted by molar-refractivity contribution is -0.133. The van der Waals surface area contributed by atoms with Crippen molar-refractivity contribution in [2.24, 2.45) is 0 Å². The zero-order chi connectivity index (χ0) is 19.0. The molecule has 5 nitrogen and oxygen atoms in total. The molecule has 0 spiro atoms. The van der Waals surface area contributed by atoms with Gasteiger partial charge in [0.05, 0.1) is 5.52 Å². The number of hydrogen-bond donors (Lipinski definition) is 0. The van der Waals surface area contributed by atoms with Crippen molar-refractivity contribution in [1.29, 1.82) is 0 Å². The van der Waals surface area contributed by atoms with Crippen LogP contribution in [0.5, 0.6) is 0 Å². The standard InChI is InChI=1S/C22H30N4O/c1-24(2)22-17(14-16-8-4-5-9-18(16)23-22)15-26-13-12-19-20(26)10-6-7-11-21(27)25(19)3/h4-5,8-9,14,19-20H,6-7,10-13,15H2,1-3H3/t19-,20+/m0/s1. The molecular formula is C22H30N4O. The first-order valence-electron chi connectivity index (χ1n) is 10.1. The van der Waals surface area contributed by atoms with E-state index >= 15 is 0 Å². The number of para-hydroxylation sites is 1. The first-order chi connectivity index (χ1) is 13.0. The Labute approximate surface area is 162 Å². The topological polar surface area (TPSA) is 39.7 Å². The molecule has 2 aromatic rings. The minimum atomic E-state index is 0.313. The second-order valence-corrected chi connectivity index (χ2v) is 8.20. The van der Waals surface area contributed by atoms with Crippen molar-refractivity contribution in [3.63, 3.8) is 0 Å². The molecule has 0 saturated carbocycles. The number of likely N-dealkylation sites (N-methyl/N-ethyl adjacent to an activating group) is 1. The number of amides is 1. The molecule has 27 heavy (non-hydrogen) atoms. The average molecular weight is 367 g/mol. The number of nitrogens with zero attached hydrogens (tertiary/aromatic N) is 4. The van der Waals surface area contributed by atoms with Crippen LogP contribution in [0.3, 0.4) is 0 Å². The Morgan fingerprint density at radius 1 is 1.15 bits per heavy atom. The second kappa shape index (κ2) is 7.47. The minimum Gasteiger partial charge on any atom is -0.362 e. The summed E-state index contributed by atoms with van der Waals surface area (Å²) < 4.78 is 0. The summed E-state index contributed by atoms with van der Waals surface area (Å²) >= 11 is 0. The molecule has 2 atom stereocenters. The third-order valence-corrected chi connectivity index (χ3v) is 6.23. The van der Waals surface area contributed by atoms with Crippen LogP contribution in [0.15, 0.2) is 30.3 Å². The lowest BCUT2D eigenvalue weighted by atomic mass is 9.97. The normalized spacial score (nSPS) is 24.0. The number of carbonyl (C=O) groups is 1. The van der Waals surface area contributed by atoms with E-state index in [1.807, 2.05) is 18.0 Å². The van der Waals surface area contributed by atoms with Gasteiger partial charge in [-0.3, -0.25) is 9.69 Å². The van der Waals surface area contributed by atoms with Crippen molar-refractivity contribution < 1.29 is 4.79 Å². The van der Waals surface area contributed by atoms with Gasteiger partial charge in [-0.15, -0.1) is 0 Å². The molecule has 0 radical (unpaired) electrons. The van der Waals surface area contributed by atoms with Gasteiger partial charge in [0.25, 0.3) is 0 Å². The number of hydrogen-bond acceptors (Lipinski definition) is 4. The maximum atomic E-state index is 12.4. The van der Waals surface area contributed by atoms with E-state index in [1.165, 1.54) is 17.4 Å². The number of likely N-dealkylation sites (tertiary alicyclic amines) is 2. The quantitative estimate of drug-likeness (QED) is 0.836. The van der Waals surface area contributed by atoms with Crippen molar-refractivity contribution >= 4 is 22.6 Å². The van der Waals surface area contributed by atoms with E-state index in [9.17, 15) is 4.79 Å². The minimum absolute atomic E-state index is 0.313. The summed E-state index contributed by atoms with van der Waals surface area (Å²) in [7, 11) is 6.13. The zero-order valence-electron chi connectivity index (χ0n) is 16.7. The largest absolute Gasteiger partial charge is 0.362 e. The molecule has 2 fully saturated rings. The summed E-state index contributed by atoms with van der Waals surface area (Å²) in [5, 5.41) is 1.19. The Morgan fingerprint density at radius 2 is 1.96 bits per heavy atom. The number of aromatic nitrogens is 1. The van der Waals surface area contributed by atoms with Crippen molar-refractivity contribution in [2.75, 3.05) is 32.6 Å². The van der Waals surface area contributed by atoms with Crippen molar-refractivity contribution in [2.45, 2.75) is 50.7 Å². The summed E-state index contributed by atoms with van der Waals surface area (Å²) in [6, 6.07) is 11.4. The summed E-state index contributed by atoms with van der Waals surface area (Å²) in [5.74, 6) is 1.36. The van der Waals surface area contributed by atoms with Gasteiger partial charge in [0.1, 0.15) is 5.82 Å². The van der Waals surface area contributed by atoms with Gasteiger partial charge in [-0.05, 0) is 31.4 Å². The molecule has 2 aliphatic heterocycles. The molecule has 1 aromatic carbocycles. The van der Waals surface area contributed by atoms with Gasteiger partial charge in [0.2, 0.25) is 5.91 Å². The van der Waals surface area contributed by atoms with Crippen molar-refractivity contribution in [3.05, 3.63) is 35.9 Å². The Balaban J connectivity index is 1.63. The van der Waals surface area contributed by atoms with Crippen LogP contribution in [0.25, 0.3) is 10.9 Å². The molecular weight excluding hydrogens is 336 g/mol. The van der Waals surface area contributed by atoms with Gasteiger partial charge in [-0.25, -0.2) is 4.98 Å². The number of benzene rings is 1. The van der Waals surface area contributed by atoms with Crippen molar-refractivity contribution in [1.82, 2.24) is 14.8 Å². The molecule has 3 heterocycles. The van der Waals surface area contributed by atoms with Crippen molar-refractivity contribution in [3.8, 4) is 0 Å². The number of anilines is 1. The molecule has 0 unspecified atom stereocenters. The van der Waals surface area contributed by atoms with E-state index in [2.05, 4.69) is 48.2 Å². The Bertz CT molecular complexity index is 834. The third-order valence-electron chi connectivity index (χ3n) is 6.23. The summed E-state index contributed by atoms with van der Waals surface area (Å²) in [5.41, 5.74) is 2.32. The molecule has 0 aliphatic carbocycles. The van der Waals surface area contributed by atoms with Crippen LogP contribution >= 0.6 is 0 Å². The van der Waals surface area contributed by atoms with E-state index < -0.39 is 0 Å². The first kappa shape index (κ1) is 18.2. The predicted octanol–water partition coefficient (Wildman–Crippen LogP) is 3.28. The molecule has 5 heteroatoms. The maximum Gasteiger partial charge on any atom is 0.222 e. The molecule has 2 aliphatic rings. The van der Waals surface area contributed by atoms with Gasteiger partial charge >= 0.3 is 0 Å². The molecule has 1 amide bonds. The SMILES string of the molecule is CN(C)c1nc2ccccc2cc1CN1CC[C@H]2[C@H]1CCCCC(=O)N2C.